The molecule has 2 rings (SSSR count). The zero-order valence-corrected chi connectivity index (χ0v) is 14.6. The van der Waals surface area contributed by atoms with Crippen LogP contribution in [0.25, 0.3) is 0 Å². The normalized spacial score (nSPS) is 10.5. The molecule has 0 aliphatic heterocycles. The third kappa shape index (κ3) is 4.68. The first-order chi connectivity index (χ1) is 11.5. The first-order valence-electron chi connectivity index (χ1n) is 8.18. The molecule has 1 aromatic carbocycles. The largest absolute Gasteiger partial charge is 0.491 e. The van der Waals surface area contributed by atoms with E-state index in [0.29, 0.717) is 24.6 Å². The van der Waals surface area contributed by atoms with Crippen LogP contribution in [0.4, 0.5) is 11.5 Å². The molecule has 0 saturated carbocycles. The van der Waals surface area contributed by atoms with Gasteiger partial charge in [0.25, 0.3) is 5.91 Å². The smallest absolute Gasteiger partial charge is 0.272 e. The molecule has 1 amide bonds. The lowest BCUT2D eigenvalue weighted by Gasteiger charge is -2.18. The predicted molar refractivity (Wildman–Crippen MR) is 94.8 cm³/mol. The molecule has 0 aliphatic carbocycles. The first-order valence-corrected chi connectivity index (χ1v) is 8.18. The lowest BCUT2D eigenvalue weighted by atomic mass is 10.3. The summed E-state index contributed by atoms with van der Waals surface area (Å²) in [6.07, 6.45) is 1.54. The molecule has 0 unspecified atom stereocenters. The molecule has 0 saturated heterocycles. The topological polar surface area (TPSA) is 67.4 Å². The van der Waals surface area contributed by atoms with Crippen molar-refractivity contribution < 1.29 is 9.53 Å². The highest BCUT2D eigenvalue weighted by Gasteiger charge is 2.14. The number of benzene rings is 1. The fourth-order valence-corrected chi connectivity index (χ4v) is 2.25. The molecule has 1 heterocycles. The Hall–Kier alpha value is -2.63. The standard InChI is InChI=1S/C18H24N4O2/c1-5-22(6-2)18(23)16-11-17(20-12-19-16)21-14-7-9-15(10-8-14)24-13(3)4/h7-13H,5-6H2,1-4H3,(H,19,20,21). The van der Waals surface area contributed by atoms with Gasteiger partial charge in [-0.05, 0) is 52.0 Å². The van der Waals surface area contributed by atoms with Gasteiger partial charge in [-0.1, -0.05) is 0 Å². The molecule has 128 valence electrons. The van der Waals surface area contributed by atoms with Crippen LogP contribution in [0, 0.1) is 0 Å². The second-order valence-electron chi connectivity index (χ2n) is 5.58. The molecule has 6 nitrogen and oxygen atoms in total. The summed E-state index contributed by atoms with van der Waals surface area (Å²) in [7, 11) is 0. The Balaban J connectivity index is 2.10. The molecule has 0 fully saturated rings. The van der Waals surface area contributed by atoms with Crippen LogP contribution < -0.4 is 10.1 Å². The van der Waals surface area contributed by atoms with Gasteiger partial charge in [0.15, 0.2) is 0 Å². The van der Waals surface area contributed by atoms with Gasteiger partial charge in [0.05, 0.1) is 6.10 Å². The highest BCUT2D eigenvalue weighted by atomic mass is 16.5. The first kappa shape index (κ1) is 17.7. The van der Waals surface area contributed by atoms with Crippen molar-refractivity contribution in [2.45, 2.75) is 33.8 Å². The van der Waals surface area contributed by atoms with Crippen molar-refractivity contribution >= 4 is 17.4 Å². The second-order valence-corrected chi connectivity index (χ2v) is 5.58. The van der Waals surface area contributed by atoms with Crippen LogP contribution in [0.3, 0.4) is 0 Å². The number of nitrogens with zero attached hydrogens (tertiary/aromatic N) is 3. The molecule has 6 heteroatoms. The Kier molecular flexibility index (Phi) is 6.12. The van der Waals surface area contributed by atoms with Gasteiger partial charge in [0, 0.05) is 24.8 Å². The quantitative estimate of drug-likeness (QED) is 0.842. The summed E-state index contributed by atoms with van der Waals surface area (Å²) in [5.41, 5.74) is 1.25. The van der Waals surface area contributed by atoms with Crippen molar-refractivity contribution in [1.82, 2.24) is 14.9 Å². The summed E-state index contributed by atoms with van der Waals surface area (Å²) in [4.78, 5) is 22.3. The minimum Gasteiger partial charge on any atom is -0.491 e. The lowest BCUT2D eigenvalue weighted by molar-refractivity contribution is 0.0767. The van der Waals surface area contributed by atoms with Gasteiger partial charge in [0.1, 0.15) is 23.6 Å². The van der Waals surface area contributed by atoms with E-state index in [1.807, 2.05) is 52.0 Å². The van der Waals surface area contributed by atoms with E-state index in [2.05, 4.69) is 15.3 Å². The third-order valence-corrected chi connectivity index (χ3v) is 3.44. The minimum atomic E-state index is -0.0915. The molecule has 1 aromatic heterocycles. The Bertz CT molecular complexity index is 667. The van der Waals surface area contributed by atoms with E-state index in [-0.39, 0.29) is 12.0 Å². The van der Waals surface area contributed by atoms with Crippen molar-refractivity contribution in [2.75, 3.05) is 18.4 Å². The summed E-state index contributed by atoms with van der Waals surface area (Å²) >= 11 is 0. The lowest BCUT2D eigenvalue weighted by Crippen LogP contribution is -2.31. The molecule has 1 N–H and O–H groups in total. The number of ether oxygens (including phenoxy) is 1. The van der Waals surface area contributed by atoms with Crippen LogP contribution >= 0.6 is 0 Å². The van der Waals surface area contributed by atoms with Gasteiger partial charge in [-0.15, -0.1) is 0 Å². The Morgan fingerprint density at radius 2 is 1.83 bits per heavy atom. The minimum absolute atomic E-state index is 0.0915. The molecule has 2 aromatic rings. The van der Waals surface area contributed by atoms with Crippen LogP contribution in [0.15, 0.2) is 36.7 Å². The van der Waals surface area contributed by atoms with E-state index < -0.39 is 0 Å². The molecular formula is C18H24N4O2. The van der Waals surface area contributed by atoms with Crippen molar-refractivity contribution in [3.8, 4) is 5.75 Å². The van der Waals surface area contributed by atoms with Gasteiger partial charge in [-0.2, -0.15) is 0 Å². The molecule has 0 spiro atoms. The zero-order chi connectivity index (χ0) is 17.5. The predicted octanol–water partition coefficient (Wildman–Crippen LogP) is 3.49. The molecule has 0 radical (unpaired) electrons. The van der Waals surface area contributed by atoms with Crippen molar-refractivity contribution in [1.29, 1.82) is 0 Å². The molecule has 0 atom stereocenters. The van der Waals surface area contributed by atoms with Gasteiger partial charge < -0.3 is 15.0 Å². The van der Waals surface area contributed by atoms with Crippen LogP contribution in [0.5, 0.6) is 5.75 Å². The molecule has 0 aliphatic rings. The van der Waals surface area contributed by atoms with Crippen LogP contribution in [0.1, 0.15) is 38.2 Å². The Labute approximate surface area is 142 Å². The average Bonchev–Trinajstić information content (AvgIpc) is 2.57. The number of carbonyl (C=O) groups excluding carboxylic acids is 1. The third-order valence-electron chi connectivity index (χ3n) is 3.44. The fourth-order valence-electron chi connectivity index (χ4n) is 2.25. The van der Waals surface area contributed by atoms with E-state index in [0.717, 1.165) is 11.4 Å². The average molecular weight is 328 g/mol. The van der Waals surface area contributed by atoms with Gasteiger partial charge in [-0.25, -0.2) is 9.97 Å². The number of hydrogen-bond acceptors (Lipinski definition) is 5. The van der Waals surface area contributed by atoms with Gasteiger partial charge in [-0.3, -0.25) is 4.79 Å². The van der Waals surface area contributed by atoms with Crippen LogP contribution in [-0.4, -0.2) is 40.0 Å². The van der Waals surface area contributed by atoms with Crippen molar-refractivity contribution in [3.63, 3.8) is 0 Å². The van der Waals surface area contributed by atoms with E-state index in [1.165, 1.54) is 6.33 Å². The van der Waals surface area contributed by atoms with E-state index in [4.69, 9.17) is 4.74 Å². The summed E-state index contributed by atoms with van der Waals surface area (Å²) in [5, 5.41) is 3.18. The number of carbonyl (C=O) groups is 1. The van der Waals surface area contributed by atoms with Crippen LogP contribution in [0.2, 0.25) is 0 Å². The van der Waals surface area contributed by atoms with E-state index in [9.17, 15) is 4.79 Å². The number of aromatic nitrogens is 2. The number of anilines is 2. The number of amides is 1. The monoisotopic (exact) mass is 328 g/mol. The Morgan fingerprint density at radius 1 is 1.17 bits per heavy atom. The van der Waals surface area contributed by atoms with Gasteiger partial charge >= 0.3 is 0 Å². The SMILES string of the molecule is CCN(CC)C(=O)c1cc(Nc2ccc(OC(C)C)cc2)ncn1. The second kappa shape index (κ2) is 8.29. The number of nitrogens with one attached hydrogen (secondary N) is 1. The van der Waals surface area contributed by atoms with Crippen LogP contribution in [-0.2, 0) is 0 Å². The van der Waals surface area contributed by atoms with Crippen molar-refractivity contribution in [2.24, 2.45) is 0 Å². The van der Waals surface area contributed by atoms with E-state index in [1.54, 1.807) is 11.0 Å². The molecular weight excluding hydrogens is 304 g/mol. The molecule has 0 bridgehead atoms. The van der Waals surface area contributed by atoms with Crippen molar-refractivity contribution in [3.05, 3.63) is 42.4 Å². The van der Waals surface area contributed by atoms with Gasteiger partial charge in [0.2, 0.25) is 0 Å². The maximum atomic E-state index is 12.4. The maximum Gasteiger partial charge on any atom is 0.272 e. The summed E-state index contributed by atoms with van der Waals surface area (Å²) in [6.45, 7) is 9.17. The fraction of sp³-hybridized carbons (Fsp3) is 0.389. The number of rotatable bonds is 7. The zero-order valence-electron chi connectivity index (χ0n) is 14.6. The van der Waals surface area contributed by atoms with E-state index >= 15 is 0 Å². The Morgan fingerprint density at radius 3 is 2.42 bits per heavy atom. The summed E-state index contributed by atoms with van der Waals surface area (Å²) in [5.74, 6) is 1.31. The molecule has 24 heavy (non-hydrogen) atoms. The maximum absolute atomic E-state index is 12.4. The highest BCUT2D eigenvalue weighted by molar-refractivity contribution is 5.93. The summed E-state index contributed by atoms with van der Waals surface area (Å²) < 4.78 is 5.62. The summed E-state index contributed by atoms with van der Waals surface area (Å²) in [6, 6.07) is 9.27. The highest BCUT2D eigenvalue weighted by Crippen LogP contribution is 2.20. The number of hydrogen-bond donors (Lipinski definition) is 1.